The first kappa shape index (κ1) is 37.1. The Morgan fingerprint density at radius 3 is 2.11 bits per heavy atom. The number of benzene rings is 1. The molecule has 5 atom stereocenters. The summed E-state index contributed by atoms with van der Waals surface area (Å²) in [5.41, 5.74) is 2.28. The summed E-state index contributed by atoms with van der Waals surface area (Å²) in [6, 6.07) is 7.68. The Labute approximate surface area is 264 Å². The predicted molar refractivity (Wildman–Crippen MR) is 155 cm³/mol. The van der Waals surface area contributed by atoms with E-state index in [2.05, 4.69) is 29.4 Å². The van der Waals surface area contributed by atoms with Gasteiger partial charge in [-0.3, -0.25) is 14.4 Å². The summed E-state index contributed by atoms with van der Waals surface area (Å²) in [6.45, 7) is 1.48. The zero-order valence-corrected chi connectivity index (χ0v) is 25.9. The van der Waals surface area contributed by atoms with E-state index >= 15 is 0 Å². The molecule has 46 heavy (non-hydrogen) atoms. The number of hydrogen-bond donors (Lipinski definition) is 3. The van der Waals surface area contributed by atoms with Crippen molar-refractivity contribution in [2.75, 3.05) is 26.7 Å². The number of ether oxygens (including phenoxy) is 1. The Bertz CT molecular complexity index is 1190. The van der Waals surface area contributed by atoms with Crippen LogP contribution in [-0.2, 0) is 23.9 Å². The van der Waals surface area contributed by atoms with Crippen molar-refractivity contribution in [1.29, 1.82) is 0 Å². The lowest BCUT2D eigenvalue weighted by molar-refractivity contribution is -0.173. The van der Waals surface area contributed by atoms with Gasteiger partial charge in [-0.1, -0.05) is 36.2 Å². The highest BCUT2D eigenvalue weighted by Crippen LogP contribution is 2.46. The number of rotatable bonds is 15. The average molecular weight is 665 g/mol. The Morgan fingerprint density at radius 2 is 1.50 bits per heavy atom. The molecule has 2 bridgehead atoms. The molecule has 3 amide bonds. The van der Waals surface area contributed by atoms with Crippen LogP contribution in [0.4, 0.5) is 26.3 Å². The molecular weight excluding hydrogens is 622 g/mol. The summed E-state index contributed by atoms with van der Waals surface area (Å²) >= 11 is 0. The maximum absolute atomic E-state index is 13.3. The normalized spacial score (nSPS) is 22.2. The Hall–Kier alpha value is -3.36. The molecule has 0 spiro atoms. The monoisotopic (exact) mass is 664 g/mol. The van der Waals surface area contributed by atoms with E-state index in [0.717, 1.165) is 30.4 Å². The third kappa shape index (κ3) is 10.9. The zero-order chi connectivity index (χ0) is 34.1. The molecule has 9 nitrogen and oxygen atoms in total. The van der Waals surface area contributed by atoms with Crippen LogP contribution in [0.1, 0.15) is 74.8 Å². The molecule has 0 aliphatic carbocycles. The van der Waals surface area contributed by atoms with Gasteiger partial charge in [0.25, 0.3) is 0 Å². The van der Waals surface area contributed by atoms with Crippen LogP contribution in [0.25, 0.3) is 0 Å². The molecule has 3 unspecified atom stereocenters. The molecule has 2 aliphatic rings. The highest BCUT2D eigenvalue weighted by atomic mass is 19.4. The predicted octanol–water partition coefficient (Wildman–Crippen LogP) is 4.29. The molecule has 1 aromatic rings. The number of alkyl halides is 6. The molecule has 0 saturated carbocycles. The summed E-state index contributed by atoms with van der Waals surface area (Å²) in [6.07, 6.45) is -6.60. The van der Waals surface area contributed by atoms with Gasteiger partial charge in [0.1, 0.15) is 6.04 Å². The van der Waals surface area contributed by atoms with Crippen molar-refractivity contribution >= 4 is 23.7 Å². The van der Waals surface area contributed by atoms with Crippen molar-refractivity contribution in [2.24, 2.45) is 5.92 Å². The number of nitrogens with one attached hydrogen (secondary N) is 3. The number of nitrogens with zero attached hydrogens (tertiary/aromatic N) is 1. The van der Waals surface area contributed by atoms with Crippen molar-refractivity contribution in [1.82, 2.24) is 20.9 Å². The number of esters is 1. The fraction of sp³-hybridized carbons (Fsp3) is 0.677. The smallest absolute Gasteiger partial charge is 0.464 e. The van der Waals surface area contributed by atoms with E-state index in [0.29, 0.717) is 12.5 Å². The first-order chi connectivity index (χ1) is 21.6. The van der Waals surface area contributed by atoms with Crippen LogP contribution in [0.3, 0.4) is 0 Å². The van der Waals surface area contributed by atoms with E-state index in [-0.39, 0.29) is 69.7 Å². The minimum atomic E-state index is -5.05. The summed E-state index contributed by atoms with van der Waals surface area (Å²) in [5, 5.41) is 6.05. The van der Waals surface area contributed by atoms with E-state index < -0.39 is 42.1 Å². The number of amides is 3. The van der Waals surface area contributed by atoms with Crippen molar-refractivity contribution in [3.8, 4) is 0 Å². The quantitative estimate of drug-likeness (QED) is 0.147. The van der Waals surface area contributed by atoms with Gasteiger partial charge in [0.05, 0.1) is 6.61 Å². The summed E-state index contributed by atoms with van der Waals surface area (Å²) in [5.74, 6) is -5.31. The summed E-state index contributed by atoms with van der Waals surface area (Å²) in [4.78, 5) is 50.3. The molecule has 258 valence electrons. The maximum atomic E-state index is 13.3. The van der Waals surface area contributed by atoms with Crippen molar-refractivity contribution in [2.45, 2.75) is 101 Å². The SMILES string of the molecule is Cc1ccc([C@H]2C[C@H]3CCC(C2COC(=O)C(CCCNC(=O)C(F)(F)F)NC(=O)CCCCCNC(=O)C(F)(F)F)N3C)cc1. The second-order valence-electron chi connectivity index (χ2n) is 12.1. The Kier molecular flexibility index (Phi) is 13.3. The lowest BCUT2D eigenvalue weighted by Crippen LogP contribution is -2.48. The number of unbranched alkanes of at least 4 members (excludes halogenated alkanes) is 2. The number of carbonyl (C=O) groups is 4. The molecule has 0 aromatic heterocycles. The van der Waals surface area contributed by atoms with Crippen LogP contribution < -0.4 is 16.0 Å². The lowest BCUT2D eigenvalue weighted by Gasteiger charge is -2.43. The van der Waals surface area contributed by atoms with E-state index in [9.17, 15) is 45.5 Å². The van der Waals surface area contributed by atoms with E-state index in [1.54, 1.807) is 10.6 Å². The molecule has 2 saturated heterocycles. The van der Waals surface area contributed by atoms with Crippen LogP contribution in [0.5, 0.6) is 0 Å². The maximum Gasteiger partial charge on any atom is 0.471 e. The van der Waals surface area contributed by atoms with Gasteiger partial charge in [-0.25, -0.2) is 4.79 Å². The molecule has 0 radical (unpaired) electrons. The second kappa shape index (κ2) is 16.5. The number of piperidine rings is 1. The number of fused-ring (bicyclic) bond motifs is 2. The van der Waals surface area contributed by atoms with Gasteiger partial charge in [0, 0.05) is 37.5 Å². The Balaban J connectivity index is 1.58. The summed E-state index contributed by atoms with van der Waals surface area (Å²) < 4.78 is 80.2. The molecule has 3 rings (SSSR count). The van der Waals surface area contributed by atoms with Crippen LogP contribution in [0.15, 0.2) is 24.3 Å². The van der Waals surface area contributed by atoms with Crippen LogP contribution in [-0.4, -0.2) is 85.8 Å². The molecule has 3 N–H and O–H groups in total. The number of halogens is 6. The zero-order valence-electron chi connectivity index (χ0n) is 25.9. The van der Waals surface area contributed by atoms with Gasteiger partial charge in [-0.15, -0.1) is 0 Å². The summed E-state index contributed by atoms with van der Waals surface area (Å²) in [7, 11) is 2.06. The van der Waals surface area contributed by atoms with Gasteiger partial charge in [-0.2, -0.15) is 26.3 Å². The molecule has 2 heterocycles. The fourth-order valence-corrected chi connectivity index (χ4v) is 6.29. The molecule has 1 aromatic carbocycles. The molecule has 15 heteroatoms. The first-order valence-corrected chi connectivity index (χ1v) is 15.5. The fourth-order valence-electron chi connectivity index (χ4n) is 6.29. The highest BCUT2D eigenvalue weighted by Gasteiger charge is 2.46. The largest absolute Gasteiger partial charge is 0.471 e. The highest BCUT2D eigenvalue weighted by molar-refractivity contribution is 5.84. The van der Waals surface area contributed by atoms with Gasteiger partial charge >= 0.3 is 30.1 Å². The van der Waals surface area contributed by atoms with Crippen LogP contribution in [0, 0.1) is 12.8 Å². The van der Waals surface area contributed by atoms with Crippen molar-refractivity contribution in [3.63, 3.8) is 0 Å². The number of hydrogen-bond acceptors (Lipinski definition) is 6. The van der Waals surface area contributed by atoms with Gasteiger partial charge in [0.2, 0.25) is 5.91 Å². The standard InChI is InChI=1S/C31H42F6N4O5/c1-19-9-11-20(12-10-19)22-17-21-13-14-25(41(21)2)23(22)18-46-27(43)24(7-6-16-39-29(45)31(35,36)37)40-26(42)8-4-3-5-15-38-28(44)30(32,33)34/h9-12,21-25H,3-8,13-18H2,1-2H3,(H,38,44)(H,39,45)(H,40,42)/t21-,22-,23?,24?,25?/m1/s1. The van der Waals surface area contributed by atoms with E-state index in [4.69, 9.17) is 4.74 Å². The number of aryl methyl sites for hydroxylation is 1. The third-order valence-electron chi connectivity index (χ3n) is 8.81. The third-order valence-corrected chi connectivity index (χ3v) is 8.81. The van der Waals surface area contributed by atoms with Crippen molar-refractivity contribution in [3.05, 3.63) is 35.4 Å². The molecule has 2 fully saturated rings. The lowest BCUT2D eigenvalue weighted by atomic mass is 9.76. The van der Waals surface area contributed by atoms with E-state index in [1.165, 1.54) is 0 Å². The molecular formula is C31H42F6N4O5. The van der Waals surface area contributed by atoms with Crippen molar-refractivity contribution < 1.29 is 50.3 Å². The second-order valence-corrected chi connectivity index (χ2v) is 12.1. The first-order valence-electron chi connectivity index (χ1n) is 15.5. The van der Waals surface area contributed by atoms with Gasteiger partial charge in [0.15, 0.2) is 0 Å². The molecule has 2 aliphatic heterocycles. The van der Waals surface area contributed by atoms with Crippen LogP contribution >= 0.6 is 0 Å². The number of carbonyl (C=O) groups excluding carboxylic acids is 4. The Morgan fingerprint density at radius 1 is 0.891 bits per heavy atom. The van der Waals surface area contributed by atoms with Gasteiger partial charge < -0.3 is 25.6 Å². The minimum Gasteiger partial charge on any atom is -0.464 e. The topological polar surface area (TPSA) is 117 Å². The van der Waals surface area contributed by atoms with Crippen LogP contribution in [0.2, 0.25) is 0 Å². The minimum absolute atomic E-state index is 0.0179. The van der Waals surface area contributed by atoms with E-state index in [1.807, 2.05) is 19.1 Å². The van der Waals surface area contributed by atoms with Gasteiger partial charge in [-0.05, 0) is 70.4 Å². The average Bonchev–Trinajstić information content (AvgIpc) is 3.22.